The second-order valence-corrected chi connectivity index (χ2v) is 4.02. The second kappa shape index (κ2) is 4.05. The van der Waals surface area contributed by atoms with Gasteiger partial charge in [-0.2, -0.15) is 0 Å². The van der Waals surface area contributed by atoms with Gasteiger partial charge < -0.3 is 5.73 Å². The second-order valence-electron chi connectivity index (χ2n) is 4.02. The third-order valence-electron chi connectivity index (χ3n) is 2.81. The van der Waals surface area contributed by atoms with Gasteiger partial charge in [0.05, 0.1) is 0 Å². The number of hydrogen-bond donors (Lipinski definition) is 1. The minimum absolute atomic E-state index is 0.633. The highest BCUT2D eigenvalue weighted by molar-refractivity contribution is 5.16. The summed E-state index contributed by atoms with van der Waals surface area (Å²) in [6, 6.07) is 2.11. The maximum atomic E-state index is 5.50. The smallest absolute Gasteiger partial charge is 0.130 e. The third kappa shape index (κ3) is 1.93. The van der Waals surface area contributed by atoms with E-state index in [1.165, 1.54) is 25.0 Å². The summed E-state index contributed by atoms with van der Waals surface area (Å²) in [5.41, 5.74) is 7.81. The minimum Gasteiger partial charge on any atom is -0.330 e. The van der Waals surface area contributed by atoms with E-state index in [1.54, 1.807) is 0 Å². The van der Waals surface area contributed by atoms with E-state index in [9.17, 15) is 0 Å². The van der Waals surface area contributed by atoms with Gasteiger partial charge in [0.2, 0.25) is 0 Å². The van der Waals surface area contributed by atoms with Crippen molar-refractivity contribution in [3.63, 3.8) is 0 Å². The Bertz CT molecular complexity index is 318. The highest BCUT2D eigenvalue weighted by atomic mass is 14.9. The van der Waals surface area contributed by atoms with Gasteiger partial charge in [0.1, 0.15) is 5.82 Å². The Labute approximate surface area is 84.8 Å². The van der Waals surface area contributed by atoms with E-state index in [4.69, 9.17) is 5.73 Å². The first-order valence-electron chi connectivity index (χ1n) is 5.34. The molecule has 1 fully saturated rings. The predicted octanol–water partition coefficient (Wildman–Crippen LogP) is 1.55. The van der Waals surface area contributed by atoms with Crippen LogP contribution < -0.4 is 5.73 Å². The third-order valence-corrected chi connectivity index (χ3v) is 2.81. The summed E-state index contributed by atoms with van der Waals surface area (Å²) in [6.07, 6.45) is 4.72. The van der Waals surface area contributed by atoms with Gasteiger partial charge in [-0.1, -0.05) is 6.42 Å². The summed E-state index contributed by atoms with van der Waals surface area (Å²) in [7, 11) is 0. The lowest BCUT2D eigenvalue weighted by Crippen LogP contribution is -2.14. The first-order valence-corrected chi connectivity index (χ1v) is 5.34. The zero-order chi connectivity index (χ0) is 9.97. The van der Waals surface area contributed by atoms with Gasteiger partial charge in [0, 0.05) is 23.7 Å². The van der Waals surface area contributed by atoms with Crippen molar-refractivity contribution < 1.29 is 0 Å². The molecule has 1 aliphatic rings. The largest absolute Gasteiger partial charge is 0.330 e. The molecule has 2 rings (SSSR count). The minimum atomic E-state index is 0.633. The monoisotopic (exact) mass is 191 g/mol. The van der Waals surface area contributed by atoms with Gasteiger partial charge in [-0.05, 0) is 32.4 Å². The molecule has 0 atom stereocenters. The lowest BCUT2D eigenvalue weighted by molar-refractivity contribution is 0.409. The molecule has 14 heavy (non-hydrogen) atoms. The molecule has 0 aliphatic heterocycles. The van der Waals surface area contributed by atoms with Crippen LogP contribution in [0.4, 0.5) is 0 Å². The quantitative estimate of drug-likeness (QED) is 0.788. The van der Waals surface area contributed by atoms with Crippen molar-refractivity contribution in [1.82, 2.24) is 9.97 Å². The average molecular weight is 191 g/mol. The van der Waals surface area contributed by atoms with Crippen molar-refractivity contribution in [3.05, 3.63) is 23.3 Å². The van der Waals surface area contributed by atoms with E-state index in [2.05, 4.69) is 16.0 Å². The van der Waals surface area contributed by atoms with Crippen LogP contribution in [0, 0.1) is 6.92 Å². The van der Waals surface area contributed by atoms with E-state index in [0.29, 0.717) is 12.5 Å². The van der Waals surface area contributed by atoms with Crippen LogP contribution in [0.5, 0.6) is 0 Å². The van der Waals surface area contributed by atoms with E-state index in [-0.39, 0.29) is 0 Å². The van der Waals surface area contributed by atoms with Gasteiger partial charge in [-0.25, -0.2) is 9.97 Å². The molecule has 0 unspecified atom stereocenters. The van der Waals surface area contributed by atoms with Gasteiger partial charge in [-0.15, -0.1) is 0 Å². The molecular formula is C11H17N3. The zero-order valence-corrected chi connectivity index (χ0v) is 8.66. The van der Waals surface area contributed by atoms with Gasteiger partial charge in [0.15, 0.2) is 0 Å². The van der Waals surface area contributed by atoms with Crippen molar-refractivity contribution in [3.8, 4) is 0 Å². The fraction of sp³-hybridized carbons (Fsp3) is 0.636. The Morgan fingerprint density at radius 3 is 2.79 bits per heavy atom. The number of rotatable bonds is 3. The standard InChI is InChI=1S/C11H17N3/c1-8-7-10(9-3-2-4-9)14-11(13-8)5-6-12/h7,9H,2-6,12H2,1H3. The number of aromatic nitrogens is 2. The summed E-state index contributed by atoms with van der Waals surface area (Å²) in [4.78, 5) is 8.93. The van der Waals surface area contributed by atoms with E-state index >= 15 is 0 Å². The van der Waals surface area contributed by atoms with Crippen molar-refractivity contribution in [2.24, 2.45) is 5.73 Å². The average Bonchev–Trinajstić information content (AvgIpc) is 1.99. The highest BCUT2D eigenvalue weighted by Gasteiger charge is 2.21. The van der Waals surface area contributed by atoms with Crippen LogP contribution in [0.3, 0.4) is 0 Å². The number of nitrogens with zero attached hydrogens (tertiary/aromatic N) is 2. The summed E-state index contributed by atoms with van der Waals surface area (Å²) in [5.74, 6) is 1.60. The van der Waals surface area contributed by atoms with Gasteiger partial charge in [0.25, 0.3) is 0 Å². The molecule has 1 saturated carbocycles. The summed E-state index contributed by atoms with van der Waals surface area (Å²) < 4.78 is 0. The summed E-state index contributed by atoms with van der Waals surface area (Å²) >= 11 is 0. The Hall–Kier alpha value is -0.960. The number of nitrogens with two attached hydrogens (primary N) is 1. The van der Waals surface area contributed by atoms with Crippen LogP contribution in [-0.4, -0.2) is 16.5 Å². The molecule has 0 amide bonds. The first kappa shape index (κ1) is 9.59. The molecular weight excluding hydrogens is 174 g/mol. The normalized spacial score (nSPS) is 16.7. The maximum absolute atomic E-state index is 5.50. The molecule has 0 radical (unpaired) electrons. The van der Waals surface area contributed by atoms with Crippen LogP contribution in [0.2, 0.25) is 0 Å². The molecule has 1 aromatic heterocycles. The van der Waals surface area contributed by atoms with Crippen molar-refractivity contribution in [1.29, 1.82) is 0 Å². The predicted molar refractivity (Wildman–Crippen MR) is 56.1 cm³/mol. The Morgan fingerprint density at radius 1 is 1.43 bits per heavy atom. The van der Waals surface area contributed by atoms with Crippen LogP contribution in [0.1, 0.15) is 42.4 Å². The number of aryl methyl sites for hydroxylation is 1. The molecule has 76 valence electrons. The molecule has 0 saturated heterocycles. The fourth-order valence-electron chi connectivity index (χ4n) is 1.81. The molecule has 1 heterocycles. The highest BCUT2D eigenvalue weighted by Crippen LogP contribution is 2.35. The SMILES string of the molecule is Cc1cc(C2CCC2)nc(CCN)n1. The molecule has 3 nitrogen and oxygen atoms in total. The summed E-state index contributed by atoms with van der Waals surface area (Å²) in [6.45, 7) is 2.66. The zero-order valence-electron chi connectivity index (χ0n) is 8.66. The molecule has 3 heteroatoms. The van der Waals surface area contributed by atoms with Crippen LogP contribution in [-0.2, 0) is 6.42 Å². The Balaban J connectivity index is 2.21. The van der Waals surface area contributed by atoms with Crippen LogP contribution in [0.15, 0.2) is 6.07 Å². The lowest BCUT2D eigenvalue weighted by atomic mass is 9.82. The van der Waals surface area contributed by atoms with E-state index < -0.39 is 0 Å². The molecule has 0 spiro atoms. The molecule has 2 N–H and O–H groups in total. The van der Waals surface area contributed by atoms with Crippen molar-refractivity contribution in [2.45, 2.75) is 38.5 Å². The Morgan fingerprint density at radius 2 is 2.21 bits per heavy atom. The van der Waals surface area contributed by atoms with Crippen LogP contribution in [0.25, 0.3) is 0 Å². The van der Waals surface area contributed by atoms with Gasteiger partial charge >= 0.3 is 0 Å². The first-order chi connectivity index (χ1) is 6.79. The fourth-order valence-corrected chi connectivity index (χ4v) is 1.81. The summed E-state index contributed by atoms with van der Waals surface area (Å²) in [5, 5.41) is 0. The van der Waals surface area contributed by atoms with Crippen molar-refractivity contribution >= 4 is 0 Å². The molecule has 0 bridgehead atoms. The molecule has 1 aromatic rings. The van der Waals surface area contributed by atoms with Gasteiger partial charge in [-0.3, -0.25) is 0 Å². The maximum Gasteiger partial charge on any atom is 0.130 e. The van der Waals surface area contributed by atoms with E-state index in [0.717, 1.165) is 17.9 Å². The topological polar surface area (TPSA) is 51.8 Å². The molecule has 0 aromatic carbocycles. The number of hydrogen-bond acceptors (Lipinski definition) is 3. The molecule has 1 aliphatic carbocycles. The Kier molecular flexibility index (Phi) is 2.77. The van der Waals surface area contributed by atoms with E-state index in [1.807, 2.05) is 6.92 Å². The lowest BCUT2D eigenvalue weighted by Gasteiger charge is -2.25. The van der Waals surface area contributed by atoms with Crippen molar-refractivity contribution in [2.75, 3.05) is 6.54 Å². The van der Waals surface area contributed by atoms with Crippen LogP contribution >= 0.6 is 0 Å².